The first-order valence-electron chi connectivity index (χ1n) is 7.95. The van der Waals surface area contributed by atoms with Crippen LogP contribution in [0.2, 0.25) is 0 Å². The summed E-state index contributed by atoms with van der Waals surface area (Å²) < 4.78 is 6.80. The van der Waals surface area contributed by atoms with Crippen LogP contribution < -0.4 is 5.56 Å². The summed E-state index contributed by atoms with van der Waals surface area (Å²) in [6.07, 6.45) is 0.647. The molecule has 3 heterocycles. The summed E-state index contributed by atoms with van der Waals surface area (Å²) in [5.41, 5.74) is 5.20. The van der Waals surface area contributed by atoms with Crippen LogP contribution >= 0.6 is 11.3 Å². The molecule has 0 amide bonds. The van der Waals surface area contributed by atoms with Crippen LogP contribution in [-0.4, -0.2) is 21.7 Å². The van der Waals surface area contributed by atoms with E-state index < -0.39 is 0 Å². The van der Waals surface area contributed by atoms with E-state index in [4.69, 9.17) is 9.72 Å². The summed E-state index contributed by atoms with van der Waals surface area (Å²) in [6, 6.07) is 13.6. The fourth-order valence-electron chi connectivity index (χ4n) is 2.98. The standard InChI is InChI=1S/C19H17N3O2S/c1-24-11-16-18(14-5-3-2-4-6-14)19-20-15(9-13-7-8-25-12-13)10-17(23)22(19)21-16/h2-8,10,12,21H,9,11H2,1H3. The molecule has 5 nitrogen and oxygen atoms in total. The van der Waals surface area contributed by atoms with Gasteiger partial charge in [0, 0.05) is 25.2 Å². The average molecular weight is 351 g/mol. The van der Waals surface area contributed by atoms with Gasteiger partial charge in [0.25, 0.3) is 5.56 Å². The second-order valence-electron chi connectivity index (χ2n) is 5.82. The van der Waals surface area contributed by atoms with Crippen LogP contribution in [0.4, 0.5) is 0 Å². The number of hydrogen-bond donors (Lipinski definition) is 1. The zero-order valence-corrected chi connectivity index (χ0v) is 14.5. The summed E-state index contributed by atoms with van der Waals surface area (Å²) in [5, 5.41) is 7.25. The number of aromatic amines is 1. The molecule has 4 aromatic rings. The van der Waals surface area contributed by atoms with Gasteiger partial charge in [0.05, 0.1) is 18.0 Å². The molecule has 1 aromatic carbocycles. The van der Waals surface area contributed by atoms with Crippen LogP contribution in [0.5, 0.6) is 0 Å². The number of rotatable bonds is 5. The van der Waals surface area contributed by atoms with Crippen molar-refractivity contribution in [2.45, 2.75) is 13.0 Å². The minimum absolute atomic E-state index is 0.116. The van der Waals surface area contributed by atoms with Gasteiger partial charge in [-0.2, -0.15) is 11.3 Å². The zero-order valence-electron chi connectivity index (χ0n) is 13.7. The van der Waals surface area contributed by atoms with Crippen LogP contribution in [0.15, 0.2) is 58.0 Å². The fraction of sp³-hybridized carbons (Fsp3) is 0.158. The van der Waals surface area contributed by atoms with E-state index in [2.05, 4.69) is 16.5 Å². The van der Waals surface area contributed by atoms with Crippen LogP contribution in [-0.2, 0) is 17.8 Å². The highest BCUT2D eigenvalue weighted by atomic mass is 32.1. The zero-order chi connectivity index (χ0) is 17.2. The second-order valence-corrected chi connectivity index (χ2v) is 6.60. The molecule has 0 saturated carbocycles. The molecule has 0 fully saturated rings. The van der Waals surface area contributed by atoms with E-state index in [1.54, 1.807) is 24.5 Å². The molecule has 6 heteroatoms. The lowest BCUT2D eigenvalue weighted by molar-refractivity contribution is 0.181. The van der Waals surface area contributed by atoms with E-state index >= 15 is 0 Å². The lowest BCUT2D eigenvalue weighted by Gasteiger charge is -2.04. The summed E-state index contributed by atoms with van der Waals surface area (Å²) in [6.45, 7) is 0.382. The van der Waals surface area contributed by atoms with E-state index in [-0.39, 0.29) is 5.56 Å². The molecular weight excluding hydrogens is 334 g/mol. The Kier molecular flexibility index (Phi) is 4.21. The molecule has 0 saturated heterocycles. The van der Waals surface area contributed by atoms with Crippen LogP contribution in [0, 0.1) is 0 Å². The van der Waals surface area contributed by atoms with Gasteiger partial charge in [-0.3, -0.25) is 9.89 Å². The maximum atomic E-state index is 12.6. The van der Waals surface area contributed by atoms with Crippen molar-refractivity contribution >= 4 is 17.0 Å². The Balaban J connectivity index is 1.92. The van der Waals surface area contributed by atoms with Crippen molar-refractivity contribution in [2.24, 2.45) is 0 Å². The highest BCUT2D eigenvalue weighted by Crippen LogP contribution is 2.27. The van der Waals surface area contributed by atoms with Crippen molar-refractivity contribution in [3.63, 3.8) is 0 Å². The third-order valence-corrected chi connectivity index (χ3v) is 4.79. The fourth-order valence-corrected chi connectivity index (χ4v) is 3.65. The predicted molar refractivity (Wildman–Crippen MR) is 99.1 cm³/mol. The number of methoxy groups -OCH3 is 1. The number of aromatic nitrogens is 3. The van der Waals surface area contributed by atoms with Gasteiger partial charge >= 0.3 is 0 Å². The Hall–Kier alpha value is -2.70. The van der Waals surface area contributed by atoms with Gasteiger partial charge in [0.15, 0.2) is 5.65 Å². The molecule has 4 rings (SSSR count). The second kappa shape index (κ2) is 6.66. The lowest BCUT2D eigenvalue weighted by atomic mass is 10.1. The van der Waals surface area contributed by atoms with Crippen molar-refractivity contribution in [3.05, 3.63) is 80.5 Å². The molecule has 0 radical (unpaired) electrons. The topological polar surface area (TPSA) is 59.4 Å². The molecule has 0 aliphatic rings. The normalized spacial score (nSPS) is 11.2. The Morgan fingerprint density at radius 2 is 2.08 bits per heavy atom. The van der Waals surface area contributed by atoms with Crippen LogP contribution in [0.3, 0.4) is 0 Å². The van der Waals surface area contributed by atoms with E-state index in [9.17, 15) is 4.79 Å². The molecule has 0 bridgehead atoms. The number of hydrogen-bond acceptors (Lipinski definition) is 4. The SMILES string of the molecule is COCc1[nH]n2c(=O)cc(Cc3ccsc3)nc2c1-c1ccccc1. The van der Waals surface area contributed by atoms with Crippen LogP contribution in [0.1, 0.15) is 17.0 Å². The molecule has 3 aromatic heterocycles. The first kappa shape index (κ1) is 15.8. The first-order valence-corrected chi connectivity index (χ1v) is 8.89. The third kappa shape index (κ3) is 3.01. The molecule has 0 unspecified atom stereocenters. The van der Waals surface area contributed by atoms with E-state index in [0.717, 1.165) is 28.1 Å². The lowest BCUT2D eigenvalue weighted by Crippen LogP contribution is -2.16. The van der Waals surface area contributed by atoms with Gasteiger partial charge in [-0.15, -0.1) is 0 Å². The highest BCUT2D eigenvalue weighted by Gasteiger charge is 2.17. The molecule has 126 valence electrons. The summed E-state index contributed by atoms with van der Waals surface area (Å²) in [4.78, 5) is 17.4. The molecule has 1 N–H and O–H groups in total. The number of ether oxygens (including phenoxy) is 1. The van der Waals surface area contributed by atoms with Gasteiger partial charge in [-0.25, -0.2) is 9.50 Å². The van der Waals surface area contributed by atoms with Gasteiger partial charge in [0.1, 0.15) is 0 Å². The largest absolute Gasteiger partial charge is 0.378 e. The number of thiophene rings is 1. The Bertz CT molecular complexity index is 1050. The Morgan fingerprint density at radius 1 is 1.24 bits per heavy atom. The molecule has 25 heavy (non-hydrogen) atoms. The maximum Gasteiger partial charge on any atom is 0.272 e. The Morgan fingerprint density at radius 3 is 2.80 bits per heavy atom. The first-order chi connectivity index (χ1) is 12.3. The summed E-state index contributed by atoms with van der Waals surface area (Å²) in [7, 11) is 1.64. The number of nitrogens with one attached hydrogen (secondary N) is 1. The Labute approximate surface area is 148 Å². The van der Waals surface area contributed by atoms with Crippen molar-refractivity contribution in [3.8, 4) is 11.1 Å². The number of benzene rings is 1. The monoisotopic (exact) mass is 351 g/mol. The van der Waals surface area contributed by atoms with Crippen molar-refractivity contribution < 1.29 is 4.74 Å². The minimum Gasteiger partial charge on any atom is -0.378 e. The number of nitrogens with zero attached hydrogens (tertiary/aromatic N) is 2. The summed E-state index contributed by atoms with van der Waals surface area (Å²) in [5.74, 6) is 0. The maximum absolute atomic E-state index is 12.6. The van der Waals surface area contributed by atoms with Crippen molar-refractivity contribution in [2.75, 3.05) is 7.11 Å². The van der Waals surface area contributed by atoms with Crippen molar-refractivity contribution in [1.29, 1.82) is 0 Å². The number of H-pyrrole nitrogens is 1. The minimum atomic E-state index is -0.116. The van der Waals surface area contributed by atoms with Gasteiger partial charge in [-0.05, 0) is 28.0 Å². The van der Waals surface area contributed by atoms with Crippen molar-refractivity contribution in [1.82, 2.24) is 14.6 Å². The molecule has 0 atom stereocenters. The molecule has 0 aliphatic carbocycles. The average Bonchev–Trinajstić information content (AvgIpc) is 3.24. The smallest absolute Gasteiger partial charge is 0.272 e. The van der Waals surface area contributed by atoms with Gasteiger partial charge in [-0.1, -0.05) is 30.3 Å². The van der Waals surface area contributed by atoms with E-state index in [0.29, 0.717) is 18.7 Å². The summed E-state index contributed by atoms with van der Waals surface area (Å²) >= 11 is 1.64. The highest BCUT2D eigenvalue weighted by molar-refractivity contribution is 7.07. The van der Waals surface area contributed by atoms with Crippen LogP contribution in [0.25, 0.3) is 16.8 Å². The van der Waals surface area contributed by atoms with Gasteiger partial charge in [0.2, 0.25) is 0 Å². The third-order valence-electron chi connectivity index (χ3n) is 4.06. The van der Waals surface area contributed by atoms with E-state index in [1.807, 2.05) is 35.7 Å². The van der Waals surface area contributed by atoms with Gasteiger partial charge < -0.3 is 4.74 Å². The molecule has 0 aliphatic heterocycles. The molecule has 0 spiro atoms. The van der Waals surface area contributed by atoms with E-state index in [1.165, 1.54) is 4.52 Å². The predicted octanol–water partition coefficient (Wildman–Crippen LogP) is 3.49. The molecular formula is C19H17N3O2S. The quantitative estimate of drug-likeness (QED) is 0.599. The number of fused-ring (bicyclic) bond motifs is 1.